The lowest BCUT2D eigenvalue weighted by molar-refractivity contribution is 0.306. The molecule has 1 rings (SSSR count). The number of nitrogens with zero attached hydrogens (tertiary/aromatic N) is 2. The quantitative estimate of drug-likeness (QED) is 0.387. The van der Waals surface area contributed by atoms with Crippen LogP contribution in [0.5, 0.6) is 5.75 Å². The van der Waals surface area contributed by atoms with E-state index in [1.54, 1.807) is 6.08 Å². The highest BCUT2D eigenvalue weighted by molar-refractivity contribution is 14.1. The SMILES string of the molecule is CCCCOc1c(I)cc(Br)cc1C=C(C#N)C#N. The molecule has 0 bridgehead atoms. The molecule has 0 saturated carbocycles. The molecule has 1 aromatic rings. The summed E-state index contributed by atoms with van der Waals surface area (Å²) in [5.74, 6) is 0.722. The summed E-state index contributed by atoms with van der Waals surface area (Å²) in [6.07, 6.45) is 3.58. The van der Waals surface area contributed by atoms with Crippen LogP contribution in [0.3, 0.4) is 0 Å². The Labute approximate surface area is 135 Å². The van der Waals surface area contributed by atoms with Gasteiger partial charge in [0.15, 0.2) is 0 Å². The monoisotopic (exact) mass is 430 g/mol. The van der Waals surface area contributed by atoms with E-state index >= 15 is 0 Å². The molecule has 19 heavy (non-hydrogen) atoms. The topological polar surface area (TPSA) is 56.8 Å². The number of hydrogen-bond donors (Lipinski definition) is 0. The highest BCUT2D eigenvalue weighted by Gasteiger charge is 2.09. The van der Waals surface area contributed by atoms with Gasteiger partial charge in [-0.2, -0.15) is 10.5 Å². The molecule has 3 nitrogen and oxygen atoms in total. The van der Waals surface area contributed by atoms with Gasteiger partial charge in [0.2, 0.25) is 0 Å². The number of benzene rings is 1. The first-order valence-electron chi connectivity index (χ1n) is 5.76. The Bertz CT molecular complexity index is 554. The van der Waals surface area contributed by atoms with Crippen molar-refractivity contribution in [2.24, 2.45) is 0 Å². The van der Waals surface area contributed by atoms with Gasteiger partial charge in [-0.1, -0.05) is 29.3 Å². The number of hydrogen-bond acceptors (Lipinski definition) is 3. The molecule has 0 aliphatic heterocycles. The minimum absolute atomic E-state index is 0.0641. The van der Waals surface area contributed by atoms with Gasteiger partial charge in [-0.15, -0.1) is 0 Å². The summed E-state index contributed by atoms with van der Waals surface area (Å²) in [7, 11) is 0. The molecule has 0 amide bonds. The Balaban J connectivity index is 3.18. The highest BCUT2D eigenvalue weighted by atomic mass is 127. The second kappa shape index (κ2) is 8.19. The van der Waals surface area contributed by atoms with Crippen molar-refractivity contribution in [2.75, 3.05) is 6.61 Å². The third-order valence-corrected chi connectivity index (χ3v) is 3.58. The molecule has 0 aromatic heterocycles. The molecule has 0 radical (unpaired) electrons. The van der Waals surface area contributed by atoms with E-state index < -0.39 is 0 Å². The molecule has 0 spiro atoms. The van der Waals surface area contributed by atoms with E-state index in [2.05, 4.69) is 45.4 Å². The van der Waals surface area contributed by atoms with Crippen LogP contribution in [0, 0.1) is 26.2 Å². The van der Waals surface area contributed by atoms with Crippen LogP contribution in [-0.2, 0) is 0 Å². The molecule has 0 aliphatic carbocycles. The lowest BCUT2D eigenvalue weighted by atomic mass is 10.1. The predicted octanol–water partition coefficient (Wildman–Crippen LogP) is 4.66. The number of allylic oxidation sites excluding steroid dienone is 1. The Morgan fingerprint density at radius 3 is 2.68 bits per heavy atom. The average Bonchev–Trinajstić information content (AvgIpc) is 2.38. The van der Waals surface area contributed by atoms with Crippen molar-refractivity contribution >= 4 is 44.6 Å². The van der Waals surface area contributed by atoms with Gasteiger partial charge in [0.05, 0.1) is 10.2 Å². The molecule has 0 aliphatic rings. The number of nitriles is 2. The molecule has 5 heteroatoms. The Hall–Kier alpha value is -1.05. The fraction of sp³-hybridized carbons (Fsp3) is 0.286. The van der Waals surface area contributed by atoms with Crippen LogP contribution in [-0.4, -0.2) is 6.61 Å². The van der Waals surface area contributed by atoms with E-state index in [-0.39, 0.29) is 5.57 Å². The summed E-state index contributed by atoms with van der Waals surface area (Å²) in [6, 6.07) is 7.51. The van der Waals surface area contributed by atoms with Gasteiger partial charge < -0.3 is 4.74 Å². The number of halogens is 2. The minimum atomic E-state index is 0.0641. The number of unbranched alkanes of at least 4 members (excludes halogenated alkanes) is 1. The first-order valence-corrected chi connectivity index (χ1v) is 7.63. The average molecular weight is 431 g/mol. The molecular formula is C14H12BrIN2O. The van der Waals surface area contributed by atoms with Crippen molar-refractivity contribution < 1.29 is 4.74 Å². The van der Waals surface area contributed by atoms with E-state index in [1.165, 1.54) is 0 Å². The molecule has 0 fully saturated rings. The maximum Gasteiger partial charge on any atom is 0.139 e. The Kier molecular flexibility index (Phi) is 6.90. The van der Waals surface area contributed by atoms with Crippen molar-refractivity contribution in [2.45, 2.75) is 19.8 Å². The summed E-state index contributed by atoms with van der Waals surface area (Å²) < 4.78 is 7.60. The summed E-state index contributed by atoms with van der Waals surface area (Å²) in [4.78, 5) is 0. The highest BCUT2D eigenvalue weighted by Crippen LogP contribution is 2.31. The second-order valence-corrected chi connectivity index (χ2v) is 5.87. The molecular weight excluding hydrogens is 419 g/mol. The molecule has 0 saturated heterocycles. The third-order valence-electron chi connectivity index (χ3n) is 2.32. The predicted molar refractivity (Wildman–Crippen MR) is 86.5 cm³/mol. The van der Waals surface area contributed by atoms with E-state index in [1.807, 2.05) is 24.3 Å². The van der Waals surface area contributed by atoms with Gasteiger partial charge >= 0.3 is 0 Å². The van der Waals surface area contributed by atoms with Gasteiger partial charge in [0.1, 0.15) is 23.5 Å². The van der Waals surface area contributed by atoms with Crippen LogP contribution in [0.1, 0.15) is 25.3 Å². The molecule has 0 N–H and O–H groups in total. The van der Waals surface area contributed by atoms with E-state index in [4.69, 9.17) is 15.3 Å². The van der Waals surface area contributed by atoms with Crippen molar-refractivity contribution in [3.05, 3.63) is 31.3 Å². The summed E-state index contributed by atoms with van der Waals surface area (Å²) in [5, 5.41) is 17.7. The molecule has 0 heterocycles. The van der Waals surface area contributed by atoms with Gasteiger partial charge in [-0.05, 0) is 47.2 Å². The van der Waals surface area contributed by atoms with Gasteiger partial charge in [0.25, 0.3) is 0 Å². The summed E-state index contributed by atoms with van der Waals surface area (Å²) >= 11 is 5.59. The first kappa shape index (κ1) is 16.0. The fourth-order valence-electron chi connectivity index (χ4n) is 1.40. The minimum Gasteiger partial charge on any atom is -0.492 e. The lowest BCUT2D eigenvalue weighted by Gasteiger charge is -2.11. The molecule has 0 unspecified atom stereocenters. The zero-order chi connectivity index (χ0) is 14.3. The molecule has 0 atom stereocenters. The fourth-order valence-corrected chi connectivity index (χ4v) is 3.11. The number of ether oxygens (including phenoxy) is 1. The summed E-state index contributed by atoms with van der Waals surface area (Å²) in [5.41, 5.74) is 0.808. The number of rotatable bonds is 5. The van der Waals surface area contributed by atoms with E-state index in [0.29, 0.717) is 6.61 Å². The normalized spacial score (nSPS) is 9.32. The second-order valence-electron chi connectivity index (χ2n) is 3.79. The Morgan fingerprint density at radius 1 is 1.42 bits per heavy atom. The maximum atomic E-state index is 8.84. The third kappa shape index (κ3) is 4.85. The van der Waals surface area contributed by atoms with Crippen LogP contribution in [0.15, 0.2) is 22.2 Å². The van der Waals surface area contributed by atoms with Crippen molar-refractivity contribution in [3.63, 3.8) is 0 Å². The van der Waals surface area contributed by atoms with Crippen LogP contribution < -0.4 is 4.74 Å². The van der Waals surface area contributed by atoms with Crippen LogP contribution >= 0.6 is 38.5 Å². The van der Waals surface area contributed by atoms with E-state index in [0.717, 1.165) is 32.2 Å². The van der Waals surface area contributed by atoms with Crippen molar-refractivity contribution in [1.29, 1.82) is 10.5 Å². The Morgan fingerprint density at radius 2 is 2.11 bits per heavy atom. The molecule has 98 valence electrons. The van der Waals surface area contributed by atoms with Gasteiger partial charge in [0, 0.05) is 10.0 Å². The van der Waals surface area contributed by atoms with Gasteiger partial charge in [-0.25, -0.2) is 0 Å². The standard InChI is InChI=1S/C14H12BrIN2O/c1-2-3-4-19-14-11(5-10(8-17)9-18)6-12(15)7-13(14)16/h5-7H,2-4H2,1H3. The summed E-state index contributed by atoms with van der Waals surface area (Å²) in [6.45, 7) is 2.73. The zero-order valence-electron chi connectivity index (χ0n) is 10.4. The smallest absolute Gasteiger partial charge is 0.139 e. The van der Waals surface area contributed by atoms with Crippen LogP contribution in [0.4, 0.5) is 0 Å². The van der Waals surface area contributed by atoms with E-state index in [9.17, 15) is 0 Å². The largest absolute Gasteiger partial charge is 0.492 e. The van der Waals surface area contributed by atoms with Gasteiger partial charge in [-0.3, -0.25) is 0 Å². The lowest BCUT2D eigenvalue weighted by Crippen LogP contribution is -2.00. The maximum absolute atomic E-state index is 8.84. The van der Waals surface area contributed by atoms with Crippen molar-refractivity contribution in [1.82, 2.24) is 0 Å². The molecule has 1 aromatic carbocycles. The van der Waals surface area contributed by atoms with Crippen LogP contribution in [0.25, 0.3) is 6.08 Å². The van der Waals surface area contributed by atoms with Crippen molar-refractivity contribution in [3.8, 4) is 17.9 Å². The first-order chi connectivity index (χ1) is 9.12. The van der Waals surface area contributed by atoms with Crippen LogP contribution in [0.2, 0.25) is 0 Å². The zero-order valence-corrected chi connectivity index (χ0v) is 14.2.